The van der Waals surface area contributed by atoms with Crippen molar-refractivity contribution in [3.63, 3.8) is 0 Å². The second-order valence-electron chi connectivity index (χ2n) is 5.63. The molecule has 0 amide bonds. The van der Waals surface area contributed by atoms with E-state index in [1.165, 1.54) is 0 Å². The highest BCUT2D eigenvalue weighted by Crippen LogP contribution is 2.39. The number of rotatable bonds is 4. The molecule has 3 rings (SSSR count). The Kier molecular flexibility index (Phi) is 3.72. The van der Waals surface area contributed by atoms with Crippen molar-refractivity contribution >= 4 is 23.2 Å². The second kappa shape index (κ2) is 5.53. The van der Waals surface area contributed by atoms with Gasteiger partial charge in [0.1, 0.15) is 17.5 Å². The monoisotopic (exact) mass is 302 g/mol. The molecule has 1 unspecified atom stereocenters. The molecule has 2 N–H and O–H groups in total. The van der Waals surface area contributed by atoms with Gasteiger partial charge in [-0.3, -0.25) is 0 Å². The van der Waals surface area contributed by atoms with Crippen LogP contribution in [-0.4, -0.2) is 17.0 Å². The maximum Gasteiger partial charge on any atom is 0.136 e. The number of hydrogen-bond acceptors (Lipinski definition) is 4. The van der Waals surface area contributed by atoms with Gasteiger partial charge in [-0.05, 0) is 37.5 Å². The summed E-state index contributed by atoms with van der Waals surface area (Å²) in [6.07, 6.45) is 2.33. The average Bonchev–Trinajstić information content (AvgIpc) is 3.29. The Morgan fingerprint density at radius 2 is 2.05 bits per heavy atom. The highest BCUT2D eigenvalue weighted by molar-refractivity contribution is 6.30. The molecule has 0 spiro atoms. The molecule has 1 aliphatic rings. The summed E-state index contributed by atoms with van der Waals surface area (Å²) in [6.45, 7) is 2.13. The van der Waals surface area contributed by atoms with Crippen LogP contribution in [0.15, 0.2) is 30.3 Å². The minimum Gasteiger partial charge on any atom is -0.384 e. The van der Waals surface area contributed by atoms with E-state index in [-0.39, 0.29) is 6.04 Å². The van der Waals surface area contributed by atoms with Crippen molar-refractivity contribution in [1.82, 2.24) is 9.97 Å². The van der Waals surface area contributed by atoms with Gasteiger partial charge in [0.15, 0.2) is 0 Å². The lowest BCUT2D eigenvalue weighted by atomic mass is 10.1. The number of aromatic nitrogens is 2. The van der Waals surface area contributed by atoms with E-state index in [9.17, 15) is 0 Å². The van der Waals surface area contributed by atoms with Crippen molar-refractivity contribution in [3.8, 4) is 0 Å². The lowest BCUT2D eigenvalue weighted by Gasteiger charge is -2.27. The Hall–Kier alpha value is -1.81. The number of benzene rings is 1. The number of anilines is 2. The normalized spacial score (nSPS) is 15.8. The van der Waals surface area contributed by atoms with Gasteiger partial charge in [0.25, 0.3) is 0 Å². The van der Waals surface area contributed by atoms with Crippen LogP contribution in [0.3, 0.4) is 0 Å². The molecule has 2 aromatic rings. The molecule has 1 aromatic carbocycles. The fourth-order valence-corrected chi connectivity index (χ4v) is 2.56. The topological polar surface area (TPSA) is 55.0 Å². The van der Waals surface area contributed by atoms with Crippen molar-refractivity contribution in [2.24, 2.45) is 0 Å². The first kappa shape index (κ1) is 14.1. The minimum absolute atomic E-state index is 0.157. The Balaban J connectivity index is 1.88. The zero-order valence-electron chi connectivity index (χ0n) is 12.3. The molecule has 1 aromatic heterocycles. The molecule has 1 fully saturated rings. The van der Waals surface area contributed by atoms with Crippen molar-refractivity contribution in [2.45, 2.75) is 31.7 Å². The summed E-state index contributed by atoms with van der Waals surface area (Å²) < 4.78 is 0. The summed E-state index contributed by atoms with van der Waals surface area (Å²) in [5.74, 6) is 2.75. The van der Waals surface area contributed by atoms with E-state index in [1.54, 1.807) is 0 Å². The van der Waals surface area contributed by atoms with Gasteiger partial charge in [0.05, 0.1) is 6.04 Å². The second-order valence-corrected chi connectivity index (χ2v) is 6.06. The van der Waals surface area contributed by atoms with Gasteiger partial charge in [0.2, 0.25) is 0 Å². The lowest BCUT2D eigenvalue weighted by molar-refractivity contribution is 0.722. The first-order valence-electron chi connectivity index (χ1n) is 7.17. The largest absolute Gasteiger partial charge is 0.384 e. The van der Waals surface area contributed by atoms with Crippen molar-refractivity contribution in [3.05, 3.63) is 46.7 Å². The van der Waals surface area contributed by atoms with E-state index in [1.807, 2.05) is 31.3 Å². The SMILES string of the molecule is CC(c1cccc(Cl)c1)N(C)c1cc(N)nc(C2CC2)n1. The number of nitrogens with zero attached hydrogens (tertiary/aromatic N) is 3. The fraction of sp³-hybridized carbons (Fsp3) is 0.375. The molecule has 21 heavy (non-hydrogen) atoms. The molecule has 0 radical (unpaired) electrons. The quantitative estimate of drug-likeness (QED) is 0.933. The van der Waals surface area contributed by atoms with Crippen LogP contribution in [0.4, 0.5) is 11.6 Å². The van der Waals surface area contributed by atoms with Crippen molar-refractivity contribution in [2.75, 3.05) is 17.7 Å². The lowest BCUT2D eigenvalue weighted by Crippen LogP contribution is -2.23. The first-order chi connectivity index (χ1) is 10.0. The van der Waals surface area contributed by atoms with E-state index >= 15 is 0 Å². The molecule has 0 bridgehead atoms. The standard InChI is InChI=1S/C16H19ClN4/c1-10(12-4-3-5-13(17)8-12)21(2)15-9-14(18)19-16(20-15)11-6-7-11/h3-5,8-11H,6-7H2,1-2H3,(H2,18,19,20). The number of halogens is 1. The average molecular weight is 303 g/mol. The van der Waals surface area contributed by atoms with Gasteiger partial charge in [-0.1, -0.05) is 23.7 Å². The molecule has 0 saturated heterocycles. The Morgan fingerprint density at radius 3 is 2.71 bits per heavy atom. The van der Waals surface area contributed by atoms with Crippen molar-refractivity contribution in [1.29, 1.82) is 0 Å². The van der Waals surface area contributed by atoms with Crippen LogP contribution in [0.5, 0.6) is 0 Å². The third-order valence-corrected chi connectivity index (χ3v) is 4.20. The predicted molar refractivity (Wildman–Crippen MR) is 86.7 cm³/mol. The van der Waals surface area contributed by atoms with Gasteiger partial charge in [-0.2, -0.15) is 0 Å². The summed E-state index contributed by atoms with van der Waals surface area (Å²) in [5, 5.41) is 0.744. The highest BCUT2D eigenvalue weighted by atomic mass is 35.5. The first-order valence-corrected chi connectivity index (χ1v) is 7.55. The van der Waals surface area contributed by atoms with Gasteiger partial charge in [-0.25, -0.2) is 9.97 Å². The third-order valence-electron chi connectivity index (χ3n) is 3.97. The van der Waals surface area contributed by atoms with Crippen LogP contribution in [-0.2, 0) is 0 Å². The van der Waals surface area contributed by atoms with E-state index in [2.05, 4.69) is 27.9 Å². The Morgan fingerprint density at radius 1 is 1.29 bits per heavy atom. The van der Waals surface area contributed by atoms with Crippen LogP contribution >= 0.6 is 11.6 Å². The van der Waals surface area contributed by atoms with E-state index in [4.69, 9.17) is 17.3 Å². The molecule has 1 aliphatic carbocycles. The van der Waals surface area contributed by atoms with Crippen LogP contribution in [0, 0.1) is 0 Å². The fourth-order valence-electron chi connectivity index (χ4n) is 2.36. The van der Waals surface area contributed by atoms with Crippen LogP contribution < -0.4 is 10.6 Å². The van der Waals surface area contributed by atoms with Crippen LogP contribution in [0.1, 0.15) is 43.1 Å². The molecular weight excluding hydrogens is 284 g/mol. The number of nitrogen functional groups attached to an aromatic ring is 1. The van der Waals surface area contributed by atoms with Crippen LogP contribution in [0.25, 0.3) is 0 Å². The molecule has 5 heteroatoms. The molecule has 0 aliphatic heterocycles. The third kappa shape index (κ3) is 3.10. The maximum absolute atomic E-state index is 6.08. The zero-order chi connectivity index (χ0) is 15.0. The van der Waals surface area contributed by atoms with Crippen molar-refractivity contribution < 1.29 is 0 Å². The van der Waals surface area contributed by atoms with Gasteiger partial charge >= 0.3 is 0 Å². The van der Waals surface area contributed by atoms with E-state index in [0.717, 1.165) is 35.1 Å². The summed E-state index contributed by atoms with van der Waals surface area (Å²) in [5.41, 5.74) is 7.08. The smallest absolute Gasteiger partial charge is 0.136 e. The molecule has 1 saturated carbocycles. The zero-order valence-corrected chi connectivity index (χ0v) is 13.0. The molecule has 1 heterocycles. The molecular formula is C16H19ClN4. The minimum atomic E-state index is 0.157. The van der Waals surface area contributed by atoms with E-state index < -0.39 is 0 Å². The molecule has 1 atom stereocenters. The predicted octanol–water partition coefficient (Wildman–Crippen LogP) is 3.79. The summed E-state index contributed by atoms with van der Waals surface area (Å²) >= 11 is 6.08. The number of hydrogen-bond donors (Lipinski definition) is 1. The van der Waals surface area contributed by atoms with Crippen LogP contribution in [0.2, 0.25) is 5.02 Å². The highest BCUT2D eigenvalue weighted by Gasteiger charge is 2.28. The van der Waals surface area contributed by atoms with Gasteiger partial charge in [0, 0.05) is 24.1 Å². The Bertz CT molecular complexity index is 654. The summed E-state index contributed by atoms with van der Waals surface area (Å²) in [7, 11) is 2.02. The van der Waals surface area contributed by atoms with Gasteiger partial charge < -0.3 is 10.6 Å². The Labute approximate surface area is 130 Å². The summed E-state index contributed by atoms with van der Waals surface area (Å²) in [4.78, 5) is 11.1. The maximum atomic E-state index is 6.08. The summed E-state index contributed by atoms with van der Waals surface area (Å²) in [6, 6.07) is 9.88. The molecule has 4 nitrogen and oxygen atoms in total. The molecule has 110 valence electrons. The van der Waals surface area contributed by atoms with E-state index in [0.29, 0.717) is 11.7 Å². The number of nitrogens with two attached hydrogens (primary N) is 1. The van der Waals surface area contributed by atoms with Gasteiger partial charge in [-0.15, -0.1) is 0 Å².